The molecule has 0 spiro atoms. The highest BCUT2D eigenvalue weighted by Crippen LogP contribution is 2.36. The molecule has 1 aliphatic rings. The zero-order valence-electron chi connectivity index (χ0n) is 21.3. The van der Waals surface area contributed by atoms with Crippen LogP contribution in [0.3, 0.4) is 0 Å². The molecule has 1 saturated carbocycles. The second-order valence-corrected chi connectivity index (χ2v) is 11.5. The molecule has 10 nitrogen and oxygen atoms in total. The standard InChI is InChI=1S/C26H31NO9S/c1-26(2,3)36-25(30)27(37(4,31)32)21-13-12-20(14-22(21)33-15-19-10-11-19)24(29)35-17-23(28)34-16-18-8-6-5-7-9-18/h5-9,12-14,19H,10-11,15-17H2,1-4H3. The van der Waals surface area contributed by atoms with Crippen molar-refractivity contribution in [2.75, 3.05) is 23.8 Å². The van der Waals surface area contributed by atoms with E-state index in [-0.39, 0.29) is 30.2 Å². The summed E-state index contributed by atoms with van der Waals surface area (Å²) in [6.07, 6.45) is 1.68. The summed E-state index contributed by atoms with van der Waals surface area (Å²) in [6.45, 7) is 4.54. The quantitative estimate of drug-likeness (QED) is 0.328. The molecule has 1 amide bonds. The van der Waals surface area contributed by atoms with E-state index >= 15 is 0 Å². The SMILES string of the molecule is CC(C)(C)OC(=O)N(c1ccc(C(=O)OCC(=O)OCc2ccccc2)cc1OCC1CC1)S(C)(=O)=O. The highest BCUT2D eigenvalue weighted by Gasteiger charge is 2.33. The molecule has 2 aromatic carbocycles. The van der Waals surface area contributed by atoms with Gasteiger partial charge in [0.05, 0.1) is 18.4 Å². The van der Waals surface area contributed by atoms with Crippen molar-refractivity contribution in [3.05, 3.63) is 59.7 Å². The molecule has 1 fully saturated rings. The average molecular weight is 534 g/mol. The largest absolute Gasteiger partial charge is 0.491 e. The fourth-order valence-electron chi connectivity index (χ4n) is 3.12. The number of benzene rings is 2. The van der Waals surface area contributed by atoms with E-state index in [1.807, 2.05) is 18.2 Å². The second-order valence-electron chi connectivity index (χ2n) is 9.67. The lowest BCUT2D eigenvalue weighted by molar-refractivity contribution is -0.148. The van der Waals surface area contributed by atoms with Crippen LogP contribution in [0.2, 0.25) is 0 Å². The normalized spacial score (nSPS) is 13.4. The molecule has 11 heteroatoms. The van der Waals surface area contributed by atoms with Crippen molar-refractivity contribution in [2.45, 2.75) is 45.8 Å². The third-order valence-corrected chi connectivity index (χ3v) is 6.05. The third-order valence-electron chi connectivity index (χ3n) is 5.04. The number of nitrogens with zero attached hydrogens (tertiary/aromatic N) is 1. The Morgan fingerprint density at radius 2 is 1.68 bits per heavy atom. The summed E-state index contributed by atoms with van der Waals surface area (Å²) in [5.74, 6) is -1.28. The fourth-order valence-corrected chi connectivity index (χ4v) is 3.94. The molecule has 200 valence electrons. The molecule has 1 aliphatic carbocycles. The fraction of sp³-hybridized carbons (Fsp3) is 0.423. The summed E-state index contributed by atoms with van der Waals surface area (Å²) in [5.41, 5.74) is -0.261. The van der Waals surface area contributed by atoms with Gasteiger partial charge in [-0.3, -0.25) is 0 Å². The lowest BCUT2D eigenvalue weighted by Gasteiger charge is -2.27. The van der Waals surface area contributed by atoms with E-state index in [1.165, 1.54) is 18.2 Å². The van der Waals surface area contributed by atoms with Gasteiger partial charge in [0.25, 0.3) is 0 Å². The first-order valence-electron chi connectivity index (χ1n) is 11.7. The van der Waals surface area contributed by atoms with Crippen LogP contribution in [0.1, 0.15) is 49.5 Å². The summed E-state index contributed by atoms with van der Waals surface area (Å²) in [4.78, 5) is 37.4. The summed E-state index contributed by atoms with van der Waals surface area (Å²) in [6, 6.07) is 12.9. The van der Waals surface area contributed by atoms with Crippen molar-refractivity contribution in [1.29, 1.82) is 0 Å². The number of esters is 2. The number of carbonyl (C=O) groups is 3. The van der Waals surface area contributed by atoms with Crippen molar-refractivity contribution in [3.63, 3.8) is 0 Å². The Kier molecular flexibility index (Phi) is 8.80. The second kappa shape index (κ2) is 11.6. The molecular weight excluding hydrogens is 502 g/mol. The van der Waals surface area contributed by atoms with Gasteiger partial charge in [-0.2, -0.15) is 4.31 Å². The molecule has 0 aliphatic heterocycles. The van der Waals surface area contributed by atoms with Gasteiger partial charge in [-0.15, -0.1) is 0 Å². The zero-order valence-corrected chi connectivity index (χ0v) is 22.1. The van der Waals surface area contributed by atoms with Crippen molar-refractivity contribution in [1.82, 2.24) is 0 Å². The number of ether oxygens (including phenoxy) is 4. The van der Waals surface area contributed by atoms with E-state index in [1.54, 1.807) is 32.9 Å². The maximum absolute atomic E-state index is 12.8. The van der Waals surface area contributed by atoms with Gasteiger partial charge in [0.1, 0.15) is 23.6 Å². The molecule has 2 aromatic rings. The van der Waals surface area contributed by atoms with Crippen LogP contribution in [0, 0.1) is 5.92 Å². The van der Waals surface area contributed by atoms with Crippen LogP contribution in [0.5, 0.6) is 5.75 Å². The lowest BCUT2D eigenvalue weighted by Crippen LogP contribution is -2.40. The molecular formula is C26H31NO9S. The first kappa shape index (κ1) is 28.0. The number of amides is 1. The molecule has 0 heterocycles. The molecule has 0 bridgehead atoms. The van der Waals surface area contributed by atoms with Crippen LogP contribution >= 0.6 is 0 Å². The smallest absolute Gasteiger partial charge is 0.429 e. The van der Waals surface area contributed by atoms with Crippen molar-refractivity contribution < 1.29 is 41.7 Å². The van der Waals surface area contributed by atoms with Crippen molar-refractivity contribution in [2.24, 2.45) is 5.92 Å². The minimum atomic E-state index is -4.12. The van der Waals surface area contributed by atoms with Gasteiger partial charge in [-0.05, 0) is 63.3 Å². The Balaban J connectivity index is 1.76. The Hall–Kier alpha value is -3.60. The molecule has 0 N–H and O–H groups in total. The highest BCUT2D eigenvalue weighted by atomic mass is 32.2. The third kappa shape index (κ3) is 8.78. The number of anilines is 1. The van der Waals surface area contributed by atoms with Crippen molar-refractivity contribution in [3.8, 4) is 5.75 Å². The monoisotopic (exact) mass is 533 g/mol. The first-order valence-corrected chi connectivity index (χ1v) is 13.5. The summed E-state index contributed by atoms with van der Waals surface area (Å²) >= 11 is 0. The van der Waals surface area contributed by atoms with Crippen LogP contribution in [0.4, 0.5) is 10.5 Å². The van der Waals surface area contributed by atoms with Crippen LogP contribution in [0.25, 0.3) is 0 Å². The Morgan fingerprint density at radius 3 is 2.27 bits per heavy atom. The van der Waals surface area contributed by atoms with Gasteiger partial charge in [-0.25, -0.2) is 22.8 Å². The van der Waals surface area contributed by atoms with E-state index in [9.17, 15) is 22.8 Å². The average Bonchev–Trinajstić information content (AvgIpc) is 3.63. The minimum Gasteiger partial charge on any atom is -0.491 e. The number of hydrogen-bond acceptors (Lipinski definition) is 9. The Morgan fingerprint density at radius 1 is 1.00 bits per heavy atom. The topological polar surface area (TPSA) is 126 Å². The predicted molar refractivity (Wildman–Crippen MR) is 135 cm³/mol. The van der Waals surface area contributed by atoms with E-state index in [2.05, 4.69) is 0 Å². The molecule has 0 radical (unpaired) electrons. The van der Waals surface area contributed by atoms with Gasteiger partial charge < -0.3 is 18.9 Å². The predicted octanol–water partition coefficient (Wildman–Crippen LogP) is 4.08. The van der Waals surface area contributed by atoms with Crippen LogP contribution < -0.4 is 9.04 Å². The summed E-state index contributed by atoms with van der Waals surface area (Å²) < 4.78 is 46.8. The summed E-state index contributed by atoms with van der Waals surface area (Å²) in [5, 5.41) is 0. The molecule has 0 unspecified atom stereocenters. The number of rotatable bonds is 10. The van der Waals surface area contributed by atoms with E-state index in [0.717, 1.165) is 24.7 Å². The zero-order chi connectivity index (χ0) is 27.2. The van der Waals surface area contributed by atoms with Crippen LogP contribution in [-0.4, -0.2) is 51.5 Å². The van der Waals surface area contributed by atoms with Gasteiger partial charge >= 0.3 is 18.0 Å². The maximum atomic E-state index is 12.8. The van der Waals surface area contributed by atoms with Gasteiger partial charge in [0, 0.05) is 0 Å². The van der Waals surface area contributed by atoms with E-state index in [0.29, 0.717) is 10.2 Å². The molecule has 3 rings (SSSR count). The Bertz CT molecular complexity index is 1230. The number of hydrogen-bond donors (Lipinski definition) is 0. The van der Waals surface area contributed by atoms with Gasteiger partial charge in [-0.1, -0.05) is 30.3 Å². The lowest BCUT2D eigenvalue weighted by atomic mass is 10.2. The maximum Gasteiger partial charge on any atom is 0.429 e. The number of carbonyl (C=O) groups excluding carboxylic acids is 3. The van der Waals surface area contributed by atoms with Crippen LogP contribution in [0.15, 0.2) is 48.5 Å². The molecule has 0 aromatic heterocycles. The number of sulfonamides is 1. The van der Waals surface area contributed by atoms with Crippen molar-refractivity contribution >= 4 is 33.7 Å². The van der Waals surface area contributed by atoms with E-state index in [4.69, 9.17) is 18.9 Å². The molecule has 37 heavy (non-hydrogen) atoms. The van der Waals surface area contributed by atoms with Crippen LogP contribution in [-0.2, 0) is 35.6 Å². The van der Waals surface area contributed by atoms with E-state index < -0.39 is 40.3 Å². The summed E-state index contributed by atoms with van der Waals surface area (Å²) in [7, 11) is -4.12. The highest BCUT2D eigenvalue weighted by molar-refractivity contribution is 7.92. The molecule has 0 saturated heterocycles. The molecule has 0 atom stereocenters. The van der Waals surface area contributed by atoms with Gasteiger partial charge in [0.2, 0.25) is 10.0 Å². The van der Waals surface area contributed by atoms with Gasteiger partial charge in [0.15, 0.2) is 6.61 Å². The minimum absolute atomic E-state index is 0.00282. The Labute approximate surface area is 216 Å². The first-order chi connectivity index (χ1) is 17.3.